The Morgan fingerprint density at radius 2 is 1.96 bits per heavy atom. The molecule has 0 atom stereocenters. The molecule has 9 heteroatoms. The zero-order chi connectivity index (χ0) is 19.4. The number of benzene rings is 1. The number of phenols is 1. The smallest absolute Gasteiger partial charge is 0.434 e. The van der Waals surface area contributed by atoms with Gasteiger partial charge in [-0.15, -0.1) is 11.3 Å². The Kier molecular flexibility index (Phi) is 5.88. The van der Waals surface area contributed by atoms with E-state index in [4.69, 9.17) is 0 Å². The van der Waals surface area contributed by atoms with Gasteiger partial charge in [-0.05, 0) is 42.9 Å². The van der Waals surface area contributed by atoms with E-state index < -0.39 is 11.9 Å². The first kappa shape index (κ1) is 19.5. The van der Waals surface area contributed by atoms with Crippen LogP contribution in [-0.4, -0.2) is 23.1 Å². The average molecular weight is 398 g/mol. The molecule has 146 valence electrons. The van der Waals surface area contributed by atoms with Crippen LogP contribution in [0.4, 0.5) is 13.2 Å². The molecule has 1 aliphatic rings. The van der Waals surface area contributed by atoms with Crippen molar-refractivity contribution in [2.45, 2.75) is 44.9 Å². The zero-order valence-corrected chi connectivity index (χ0v) is 15.7. The lowest BCUT2D eigenvalue weighted by atomic mass is 9.88. The summed E-state index contributed by atoms with van der Waals surface area (Å²) < 4.78 is 37.8. The fourth-order valence-electron chi connectivity index (χ4n) is 3.16. The van der Waals surface area contributed by atoms with E-state index in [1.54, 1.807) is 13.1 Å². The summed E-state index contributed by atoms with van der Waals surface area (Å²) in [5.74, 6) is 0.680. The number of thiazole rings is 1. The fraction of sp³-hybridized carbons (Fsp3) is 0.444. The van der Waals surface area contributed by atoms with Crippen molar-refractivity contribution in [1.29, 1.82) is 0 Å². The second-order valence-corrected chi connectivity index (χ2v) is 7.25. The first-order chi connectivity index (χ1) is 12.9. The van der Waals surface area contributed by atoms with Crippen LogP contribution in [-0.2, 0) is 32.1 Å². The van der Waals surface area contributed by atoms with Crippen LogP contribution in [0, 0.1) is 0 Å². The molecule has 0 spiro atoms. The average Bonchev–Trinajstić information content (AvgIpc) is 3.12. The van der Waals surface area contributed by atoms with E-state index >= 15 is 0 Å². The molecule has 1 aromatic heterocycles. The molecular weight excluding hydrogens is 377 g/mol. The molecule has 2 aromatic rings. The van der Waals surface area contributed by atoms with Crippen molar-refractivity contribution >= 4 is 17.3 Å². The summed E-state index contributed by atoms with van der Waals surface area (Å²) in [4.78, 5) is 7.67. The van der Waals surface area contributed by atoms with Crippen molar-refractivity contribution in [2.24, 2.45) is 4.99 Å². The molecule has 0 saturated carbocycles. The van der Waals surface area contributed by atoms with E-state index in [0.29, 0.717) is 17.5 Å². The van der Waals surface area contributed by atoms with Gasteiger partial charge in [0, 0.05) is 24.5 Å². The molecule has 0 bridgehead atoms. The van der Waals surface area contributed by atoms with Gasteiger partial charge < -0.3 is 15.7 Å². The number of phenolic OH excluding ortho intramolecular Hbond substituents is 1. The number of nitrogens with zero attached hydrogens (tertiary/aromatic N) is 2. The molecular formula is C18H21F3N4OS. The van der Waals surface area contributed by atoms with Crippen LogP contribution in [0.1, 0.15) is 40.2 Å². The van der Waals surface area contributed by atoms with Crippen molar-refractivity contribution in [2.75, 3.05) is 7.05 Å². The van der Waals surface area contributed by atoms with Gasteiger partial charge in [0.25, 0.3) is 0 Å². The molecule has 0 amide bonds. The normalized spacial score (nSPS) is 14.7. The van der Waals surface area contributed by atoms with E-state index in [1.165, 1.54) is 11.1 Å². The molecule has 3 N–H and O–H groups in total. The minimum Gasteiger partial charge on any atom is -0.508 e. The van der Waals surface area contributed by atoms with Crippen LogP contribution in [0.5, 0.6) is 5.75 Å². The molecule has 27 heavy (non-hydrogen) atoms. The van der Waals surface area contributed by atoms with Gasteiger partial charge in [-0.25, -0.2) is 4.98 Å². The summed E-state index contributed by atoms with van der Waals surface area (Å²) in [6, 6.07) is 3.69. The fourth-order valence-corrected chi connectivity index (χ4v) is 3.90. The summed E-state index contributed by atoms with van der Waals surface area (Å²) in [5, 5.41) is 17.6. The SMILES string of the molecule is CN=C(NCc1nc(C(F)(F)F)cs1)NCc1c(O)ccc2c1CCCC2. The molecule has 1 heterocycles. The lowest BCUT2D eigenvalue weighted by Gasteiger charge is -2.21. The molecule has 1 aliphatic carbocycles. The number of guanidine groups is 1. The Balaban J connectivity index is 1.61. The third-order valence-corrected chi connectivity index (χ3v) is 5.38. The zero-order valence-electron chi connectivity index (χ0n) is 14.9. The third-order valence-electron chi connectivity index (χ3n) is 4.53. The van der Waals surface area contributed by atoms with Crippen LogP contribution in [0.3, 0.4) is 0 Å². The first-order valence-corrected chi connectivity index (χ1v) is 9.55. The van der Waals surface area contributed by atoms with E-state index in [1.807, 2.05) is 6.07 Å². The number of fused-ring (bicyclic) bond motifs is 1. The van der Waals surface area contributed by atoms with Crippen molar-refractivity contribution < 1.29 is 18.3 Å². The number of nitrogens with one attached hydrogen (secondary N) is 2. The Bertz CT molecular complexity index is 832. The second kappa shape index (κ2) is 8.16. The molecule has 0 fully saturated rings. The number of aromatic hydroxyl groups is 1. The summed E-state index contributed by atoms with van der Waals surface area (Å²) in [6.45, 7) is 0.527. The molecule has 0 radical (unpaired) electrons. The van der Waals surface area contributed by atoms with Gasteiger partial charge in [0.05, 0.1) is 6.54 Å². The standard InChI is InChI=1S/C18H21F3N4OS/c1-22-17(24-9-16-25-15(10-27-16)18(19,20)21)23-8-13-12-5-3-2-4-11(12)6-7-14(13)26/h6-7,10,26H,2-5,8-9H2,1H3,(H2,22,23,24). The van der Waals surface area contributed by atoms with Gasteiger partial charge in [0.2, 0.25) is 0 Å². The van der Waals surface area contributed by atoms with E-state index in [2.05, 4.69) is 20.6 Å². The molecule has 3 rings (SSSR count). The summed E-state index contributed by atoms with van der Waals surface area (Å²) in [6.07, 6.45) is -0.227. The number of hydrogen-bond acceptors (Lipinski definition) is 4. The maximum atomic E-state index is 12.6. The minimum atomic E-state index is -4.43. The van der Waals surface area contributed by atoms with E-state index in [0.717, 1.165) is 48.0 Å². The van der Waals surface area contributed by atoms with E-state index in [-0.39, 0.29) is 12.3 Å². The molecule has 5 nitrogen and oxygen atoms in total. The van der Waals surface area contributed by atoms with Crippen LogP contribution < -0.4 is 10.6 Å². The Labute approximate surface area is 159 Å². The lowest BCUT2D eigenvalue weighted by molar-refractivity contribution is -0.140. The lowest BCUT2D eigenvalue weighted by Crippen LogP contribution is -2.36. The van der Waals surface area contributed by atoms with E-state index in [9.17, 15) is 18.3 Å². The predicted molar refractivity (Wildman–Crippen MR) is 98.9 cm³/mol. The summed E-state index contributed by atoms with van der Waals surface area (Å²) in [5.41, 5.74) is 2.41. The number of rotatable bonds is 4. The summed E-state index contributed by atoms with van der Waals surface area (Å²) >= 11 is 0.948. The quantitative estimate of drug-likeness (QED) is 0.544. The highest BCUT2D eigenvalue weighted by Crippen LogP contribution is 2.31. The van der Waals surface area contributed by atoms with Crippen molar-refractivity contribution in [3.8, 4) is 5.75 Å². The number of aryl methyl sites for hydroxylation is 1. The largest absolute Gasteiger partial charge is 0.508 e. The van der Waals surface area contributed by atoms with Gasteiger partial charge in [-0.1, -0.05) is 6.07 Å². The monoisotopic (exact) mass is 398 g/mol. The van der Waals surface area contributed by atoms with Crippen molar-refractivity contribution in [1.82, 2.24) is 15.6 Å². The van der Waals surface area contributed by atoms with Gasteiger partial charge in [0.15, 0.2) is 11.7 Å². The van der Waals surface area contributed by atoms with Gasteiger partial charge in [-0.3, -0.25) is 4.99 Å². The molecule has 0 aliphatic heterocycles. The maximum Gasteiger partial charge on any atom is 0.434 e. The van der Waals surface area contributed by atoms with Crippen molar-refractivity contribution in [3.63, 3.8) is 0 Å². The predicted octanol–water partition coefficient (Wildman–Crippen LogP) is 3.61. The molecule has 0 unspecified atom stereocenters. The molecule has 1 aromatic carbocycles. The van der Waals surface area contributed by atoms with Crippen LogP contribution in [0.15, 0.2) is 22.5 Å². The van der Waals surface area contributed by atoms with Crippen LogP contribution >= 0.6 is 11.3 Å². The first-order valence-electron chi connectivity index (χ1n) is 8.67. The van der Waals surface area contributed by atoms with Gasteiger partial charge in [-0.2, -0.15) is 13.2 Å². The topological polar surface area (TPSA) is 69.5 Å². The molecule has 0 saturated heterocycles. The highest BCUT2D eigenvalue weighted by atomic mass is 32.1. The van der Waals surface area contributed by atoms with Crippen molar-refractivity contribution in [3.05, 3.63) is 44.9 Å². The number of alkyl halides is 3. The maximum absolute atomic E-state index is 12.6. The summed E-state index contributed by atoms with van der Waals surface area (Å²) in [7, 11) is 1.58. The number of hydrogen-bond donors (Lipinski definition) is 3. The highest BCUT2D eigenvalue weighted by molar-refractivity contribution is 7.09. The van der Waals surface area contributed by atoms with Gasteiger partial charge in [0.1, 0.15) is 10.8 Å². The third kappa shape index (κ3) is 4.71. The minimum absolute atomic E-state index is 0.138. The van der Waals surface area contributed by atoms with Gasteiger partial charge >= 0.3 is 6.18 Å². The Morgan fingerprint density at radius 1 is 1.22 bits per heavy atom. The highest BCUT2D eigenvalue weighted by Gasteiger charge is 2.33. The van der Waals surface area contributed by atoms with Crippen LogP contribution in [0.25, 0.3) is 0 Å². The number of aliphatic imine (C=N–C) groups is 1. The Hall–Kier alpha value is -2.29. The van der Waals surface area contributed by atoms with Crippen LogP contribution in [0.2, 0.25) is 0 Å². The number of aromatic nitrogens is 1. The Morgan fingerprint density at radius 3 is 2.67 bits per heavy atom. The second-order valence-electron chi connectivity index (χ2n) is 6.31. The number of halogens is 3.